The van der Waals surface area contributed by atoms with Crippen LogP contribution in [0.15, 0.2) is 41.1 Å². The van der Waals surface area contributed by atoms with Gasteiger partial charge in [-0.05, 0) is 41.4 Å². The quantitative estimate of drug-likeness (QED) is 0.905. The summed E-state index contributed by atoms with van der Waals surface area (Å²) in [5, 5.41) is 7.32. The minimum atomic E-state index is 0.0442. The number of nitrogens with zero attached hydrogens (tertiary/aromatic N) is 1. The first-order valence-corrected chi connectivity index (χ1v) is 7.26. The molecule has 1 aromatic carbocycles. The van der Waals surface area contributed by atoms with Crippen LogP contribution in [0.2, 0.25) is 0 Å². The standard InChI is InChI=1S/C15H18N2OS/c1-3-16-14-7-5-4-6-13(14)15(18)17(2)10-12-8-9-19-11-12/h4-9,11,16H,3,10H2,1-2H3. The highest BCUT2D eigenvalue weighted by Crippen LogP contribution is 2.18. The summed E-state index contributed by atoms with van der Waals surface area (Å²) < 4.78 is 0. The monoisotopic (exact) mass is 274 g/mol. The van der Waals surface area contributed by atoms with E-state index in [2.05, 4.69) is 10.7 Å². The highest BCUT2D eigenvalue weighted by molar-refractivity contribution is 7.07. The minimum Gasteiger partial charge on any atom is -0.385 e. The second-order valence-corrected chi connectivity index (χ2v) is 5.15. The molecule has 0 aliphatic heterocycles. The molecular formula is C15H18N2OS. The molecule has 0 aliphatic rings. The predicted molar refractivity (Wildman–Crippen MR) is 80.7 cm³/mol. The van der Waals surface area contributed by atoms with Crippen LogP contribution < -0.4 is 5.32 Å². The molecule has 0 atom stereocenters. The molecule has 0 bridgehead atoms. The highest BCUT2D eigenvalue weighted by Gasteiger charge is 2.15. The molecule has 3 nitrogen and oxygen atoms in total. The van der Waals surface area contributed by atoms with Crippen molar-refractivity contribution in [2.75, 3.05) is 18.9 Å². The van der Waals surface area contributed by atoms with Gasteiger partial charge >= 0.3 is 0 Å². The van der Waals surface area contributed by atoms with Gasteiger partial charge in [-0.15, -0.1) is 0 Å². The van der Waals surface area contributed by atoms with Crippen molar-refractivity contribution < 1.29 is 4.79 Å². The van der Waals surface area contributed by atoms with E-state index in [-0.39, 0.29) is 5.91 Å². The molecule has 0 spiro atoms. The Balaban J connectivity index is 2.14. The Hall–Kier alpha value is -1.81. The van der Waals surface area contributed by atoms with Crippen LogP contribution in [0.5, 0.6) is 0 Å². The number of anilines is 1. The van der Waals surface area contributed by atoms with Crippen LogP contribution in [-0.2, 0) is 6.54 Å². The van der Waals surface area contributed by atoms with E-state index in [9.17, 15) is 4.79 Å². The Labute approximate surface area is 117 Å². The number of amides is 1. The van der Waals surface area contributed by atoms with Crippen LogP contribution in [0.25, 0.3) is 0 Å². The van der Waals surface area contributed by atoms with E-state index in [4.69, 9.17) is 0 Å². The van der Waals surface area contributed by atoms with Gasteiger partial charge in [-0.1, -0.05) is 12.1 Å². The van der Waals surface area contributed by atoms with Crippen molar-refractivity contribution in [3.63, 3.8) is 0 Å². The molecule has 0 saturated heterocycles. The summed E-state index contributed by atoms with van der Waals surface area (Å²) in [4.78, 5) is 14.2. The molecule has 0 unspecified atom stereocenters. The van der Waals surface area contributed by atoms with E-state index in [1.807, 2.05) is 49.7 Å². The topological polar surface area (TPSA) is 32.3 Å². The van der Waals surface area contributed by atoms with Gasteiger partial charge in [0.25, 0.3) is 5.91 Å². The largest absolute Gasteiger partial charge is 0.385 e. The van der Waals surface area contributed by atoms with Crippen LogP contribution in [0.3, 0.4) is 0 Å². The fourth-order valence-corrected chi connectivity index (χ4v) is 2.61. The number of rotatable bonds is 5. The van der Waals surface area contributed by atoms with Crippen LogP contribution in [-0.4, -0.2) is 24.4 Å². The van der Waals surface area contributed by atoms with Crippen LogP contribution >= 0.6 is 11.3 Å². The Morgan fingerprint density at radius 2 is 2.11 bits per heavy atom. The first-order valence-electron chi connectivity index (χ1n) is 6.31. The molecule has 100 valence electrons. The highest BCUT2D eigenvalue weighted by atomic mass is 32.1. The van der Waals surface area contributed by atoms with E-state index in [1.165, 1.54) is 5.56 Å². The number of benzene rings is 1. The molecule has 0 fully saturated rings. The van der Waals surface area contributed by atoms with E-state index in [0.29, 0.717) is 6.54 Å². The average molecular weight is 274 g/mol. The number of para-hydroxylation sites is 1. The summed E-state index contributed by atoms with van der Waals surface area (Å²) in [6, 6.07) is 9.68. The third-order valence-electron chi connectivity index (χ3n) is 2.87. The van der Waals surface area contributed by atoms with Crippen molar-refractivity contribution in [1.82, 2.24) is 4.90 Å². The molecule has 1 aromatic heterocycles. The number of hydrogen-bond donors (Lipinski definition) is 1. The number of carbonyl (C=O) groups is 1. The lowest BCUT2D eigenvalue weighted by molar-refractivity contribution is 0.0786. The number of nitrogens with one attached hydrogen (secondary N) is 1. The SMILES string of the molecule is CCNc1ccccc1C(=O)N(C)Cc1ccsc1. The Bertz CT molecular complexity index is 537. The fourth-order valence-electron chi connectivity index (χ4n) is 1.95. The van der Waals surface area contributed by atoms with E-state index < -0.39 is 0 Å². The molecule has 1 heterocycles. The lowest BCUT2D eigenvalue weighted by atomic mass is 10.1. The summed E-state index contributed by atoms with van der Waals surface area (Å²) in [5.41, 5.74) is 2.79. The van der Waals surface area contributed by atoms with Gasteiger partial charge in [0.15, 0.2) is 0 Å². The van der Waals surface area contributed by atoms with Crippen LogP contribution in [0, 0.1) is 0 Å². The summed E-state index contributed by atoms with van der Waals surface area (Å²) in [5.74, 6) is 0.0442. The first kappa shape index (κ1) is 13.6. The van der Waals surface area contributed by atoms with E-state index in [1.54, 1.807) is 16.2 Å². The van der Waals surface area contributed by atoms with Crippen LogP contribution in [0.4, 0.5) is 5.69 Å². The third-order valence-corrected chi connectivity index (χ3v) is 3.60. The van der Waals surface area contributed by atoms with Crippen LogP contribution in [0.1, 0.15) is 22.8 Å². The van der Waals surface area contributed by atoms with Gasteiger partial charge in [0.2, 0.25) is 0 Å². The third kappa shape index (κ3) is 3.35. The zero-order valence-corrected chi connectivity index (χ0v) is 12.0. The van der Waals surface area contributed by atoms with Gasteiger partial charge in [-0.25, -0.2) is 0 Å². The van der Waals surface area contributed by atoms with Crippen molar-refractivity contribution >= 4 is 22.9 Å². The first-order chi connectivity index (χ1) is 9.22. The number of carbonyl (C=O) groups excluding carboxylic acids is 1. The van der Waals surface area contributed by atoms with Gasteiger partial charge in [-0.3, -0.25) is 4.79 Å². The Morgan fingerprint density at radius 1 is 1.32 bits per heavy atom. The van der Waals surface area contributed by atoms with Gasteiger partial charge in [0, 0.05) is 25.8 Å². The molecule has 1 N–H and O–H groups in total. The second kappa shape index (κ2) is 6.38. The molecular weight excluding hydrogens is 256 g/mol. The Morgan fingerprint density at radius 3 is 2.79 bits per heavy atom. The van der Waals surface area contributed by atoms with Gasteiger partial charge in [0.1, 0.15) is 0 Å². The zero-order chi connectivity index (χ0) is 13.7. The molecule has 0 saturated carbocycles. The minimum absolute atomic E-state index is 0.0442. The smallest absolute Gasteiger partial charge is 0.255 e. The average Bonchev–Trinajstić information content (AvgIpc) is 2.92. The molecule has 19 heavy (non-hydrogen) atoms. The molecule has 2 rings (SSSR count). The lowest BCUT2D eigenvalue weighted by Crippen LogP contribution is -2.26. The number of thiophene rings is 1. The van der Waals surface area contributed by atoms with Crippen molar-refractivity contribution in [3.8, 4) is 0 Å². The van der Waals surface area contributed by atoms with Gasteiger partial charge in [-0.2, -0.15) is 11.3 Å². The molecule has 1 amide bonds. The second-order valence-electron chi connectivity index (χ2n) is 4.37. The van der Waals surface area contributed by atoms with E-state index in [0.717, 1.165) is 17.8 Å². The summed E-state index contributed by atoms with van der Waals surface area (Å²) in [6.45, 7) is 3.47. The van der Waals surface area contributed by atoms with Crippen molar-refractivity contribution in [2.24, 2.45) is 0 Å². The van der Waals surface area contributed by atoms with Crippen molar-refractivity contribution in [2.45, 2.75) is 13.5 Å². The summed E-state index contributed by atoms with van der Waals surface area (Å²) >= 11 is 1.65. The Kier molecular flexibility index (Phi) is 4.58. The molecule has 2 aromatic rings. The maximum atomic E-state index is 12.5. The van der Waals surface area contributed by atoms with Crippen molar-refractivity contribution in [1.29, 1.82) is 0 Å². The van der Waals surface area contributed by atoms with Gasteiger partial charge in [0.05, 0.1) is 5.56 Å². The normalized spacial score (nSPS) is 10.2. The predicted octanol–water partition coefficient (Wildman–Crippen LogP) is 3.45. The lowest BCUT2D eigenvalue weighted by Gasteiger charge is -2.18. The summed E-state index contributed by atoms with van der Waals surface area (Å²) in [7, 11) is 1.84. The zero-order valence-electron chi connectivity index (χ0n) is 11.2. The summed E-state index contributed by atoms with van der Waals surface area (Å²) in [6.07, 6.45) is 0. The maximum Gasteiger partial charge on any atom is 0.255 e. The number of hydrogen-bond acceptors (Lipinski definition) is 3. The maximum absolute atomic E-state index is 12.5. The fraction of sp³-hybridized carbons (Fsp3) is 0.267. The molecule has 0 radical (unpaired) electrons. The van der Waals surface area contributed by atoms with Crippen molar-refractivity contribution in [3.05, 3.63) is 52.2 Å². The van der Waals surface area contributed by atoms with E-state index >= 15 is 0 Å². The molecule has 0 aliphatic carbocycles. The van der Waals surface area contributed by atoms with Gasteiger partial charge < -0.3 is 10.2 Å². The molecule has 4 heteroatoms.